The molecule has 0 spiro atoms. The minimum atomic E-state index is -2.74. The van der Waals surface area contributed by atoms with Crippen molar-refractivity contribution in [3.8, 4) is 16.9 Å². The van der Waals surface area contributed by atoms with Gasteiger partial charge in [0.15, 0.2) is 0 Å². The Morgan fingerprint density at radius 3 is 2.38 bits per heavy atom. The SMILES string of the molecule is CCOc1cccc(-c2ccc(NC(=O)[C@@H]3CCCC[C@H]3C(=O)O)cc2COC2CCCC2)c1C(F)F. The summed E-state index contributed by atoms with van der Waals surface area (Å²) in [6.45, 7) is 2.23. The molecule has 0 radical (unpaired) electrons. The normalized spacial score (nSPS) is 20.2. The first-order valence-corrected chi connectivity index (χ1v) is 13.2. The van der Waals surface area contributed by atoms with Crippen LogP contribution >= 0.6 is 0 Å². The summed E-state index contributed by atoms with van der Waals surface area (Å²) in [7, 11) is 0. The number of anilines is 1. The van der Waals surface area contributed by atoms with E-state index in [4.69, 9.17) is 9.47 Å². The highest BCUT2D eigenvalue weighted by Gasteiger charge is 2.35. The molecule has 0 heterocycles. The maximum atomic E-state index is 14.2. The van der Waals surface area contributed by atoms with Crippen molar-refractivity contribution < 1.29 is 33.0 Å². The minimum absolute atomic E-state index is 0.119. The minimum Gasteiger partial charge on any atom is -0.493 e. The fourth-order valence-corrected chi connectivity index (χ4v) is 5.58. The molecule has 200 valence electrons. The van der Waals surface area contributed by atoms with Crippen LogP contribution in [0.5, 0.6) is 5.75 Å². The van der Waals surface area contributed by atoms with Crippen LogP contribution in [-0.4, -0.2) is 29.7 Å². The molecule has 0 bridgehead atoms. The number of hydrogen-bond donors (Lipinski definition) is 2. The zero-order valence-electron chi connectivity index (χ0n) is 21.2. The zero-order valence-corrected chi connectivity index (χ0v) is 21.2. The summed E-state index contributed by atoms with van der Waals surface area (Å²) < 4.78 is 40.0. The zero-order chi connectivity index (χ0) is 26.4. The average Bonchev–Trinajstić information content (AvgIpc) is 3.41. The average molecular weight is 516 g/mol. The molecule has 4 rings (SSSR count). The summed E-state index contributed by atoms with van der Waals surface area (Å²) in [6, 6.07) is 10.0. The number of carboxylic acids is 1. The van der Waals surface area contributed by atoms with E-state index in [0.29, 0.717) is 35.2 Å². The lowest BCUT2D eigenvalue weighted by atomic mass is 9.78. The van der Waals surface area contributed by atoms with Gasteiger partial charge in [-0.15, -0.1) is 0 Å². The van der Waals surface area contributed by atoms with Gasteiger partial charge in [-0.1, -0.05) is 43.9 Å². The van der Waals surface area contributed by atoms with Gasteiger partial charge in [-0.2, -0.15) is 0 Å². The summed E-state index contributed by atoms with van der Waals surface area (Å²) >= 11 is 0. The fraction of sp³-hybridized carbons (Fsp3) is 0.517. The molecule has 2 aliphatic carbocycles. The number of amides is 1. The van der Waals surface area contributed by atoms with E-state index in [-0.39, 0.29) is 36.5 Å². The number of alkyl halides is 2. The Balaban J connectivity index is 1.66. The van der Waals surface area contributed by atoms with Gasteiger partial charge in [-0.25, -0.2) is 8.78 Å². The molecule has 2 aromatic rings. The van der Waals surface area contributed by atoms with E-state index in [9.17, 15) is 23.5 Å². The van der Waals surface area contributed by atoms with Gasteiger partial charge < -0.3 is 19.9 Å². The first kappa shape index (κ1) is 27.0. The van der Waals surface area contributed by atoms with Gasteiger partial charge in [0.25, 0.3) is 6.43 Å². The number of halogens is 2. The van der Waals surface area contributed by atoms with E-state index in [2.05, 4.69) is 5.32 Å². The van der Waals surface area contributed by atoms with Crippen LogP contribution in [0.4, 0.5) is 14.5 Å². The van der Waals surface area contributed by atoms with E-state index >= 15 is 0 Å². The van der Waals surface area contributed by atoms with Crippen molar-refractivity contribution in [3.63, 3.8) is 0 Å². The fourth-order valence-electron chi connectivity index (χ4n) is 5.58. The third kappa shape index (κ3) is 6.47. The number of carboxylic acid groups (broad SMARTS) is 1. The third-order valence-electron chi connectivity index (χ3n) is 7.44. The van der Waals surface area contributed by atoms with E-state index in [1.807, 2.05) is 0 Å². The second-order valence-electron chi connectivity index (χ2n) is 9.87. The molecule has 2 atom stereocenters. The molecule has 0 saturated heterocycles. The van der Waals surface area contributed by atoms with Crippen molar-refractivity contribution in [2.45, 2.75) is 77.4 Å². The molecule has 2 fully saturated rings. The largest absolute Gasteiger partial charge is 0.493 e. The van der Waals surface area contributed by atoms with Crippen LogP contribution < -0.4 is 10.1 Å². The Kier molecular flexibility index (Phi) is 9.14. The first-order chi connectivity index (χ1) is 17.9. The molecule has 6 nitrogen and oxygen atoms in total. The van der Waals surface area contributed by atoms with Crippen molar-refractivity contribution in [2.24, 2.45) is 11.8 Å². The second-order valence-corrected chi connectivity index (χ2v) is 9.87. The number of benzene rings is 2. The molecule has 37 heavy (non-hydrogen) atoms. The Hall–Kier alpha value is -3.00. The van der Waals surface area contributed by atoms with Crippen LogP contribution in [0.25, 0.3) is 11.1 Å². The quantitative estimate of drug-likeness (QED) is 0.357. The topological polar surface area (TPSA) is 84.9 Å². The molecule has 0 aromatic heterocycles. The van der Waals surface area contributed by atoms with Crippen LogP contribution in [0, 0.1) is 11.8 Å². The van der Waals surface area contributed by atoms with Gasteiger partial charge in [0.1, 0.15) is 5.75 Å². The van der Waals surface area contributed by atoms with Gasteiger partial charge in [0.2, 0.25) is 5.91 Å². The van der Waals surface area contributed by atoms with Crippen molar-refractivity contribution in [2.75, 3.05) is 11.9 Å². The highest BCUT2D eigenvalue weighted by molar-refractivity contribution is 5.95. The number of hydrogen-bond acceptors (Lipinski definition) is 4. The lowest BCUT2D eigenvalue weighted by Crippen LogP contribution is -2.36. The highest BCUT2D eigenvalue weighted by Crippen LogP contribution is 2.40. The first-order valence-electron chi connectivity index (χ1n) is 13.2. The summed E-state index contributed by atoms with van der Waals surface area (Å²) in [5, 5.41) is 12.4. The predicted molar refractivity (Wildman–Crippen MR) is 137 cm³/mol. The summed E-state index contributed by atoms with van der Waals surface area (Å²) in [6.07, 6.45) is 4.14. The number of rotatable bonds is 10. The van der Waals surface area contributed by atoms with Gasteiger partial charge in [-0.3, -0.25) is 9.59 Å². The standard InChI is InChI=1S/C29H35F2NO5/c1-2-36-25-13-7-12-22(26(25)27(30)31)21-15-14-19(16-18(21)17-37-20-8-3-4-9-20)32-28(33)23-10-5-6-11-24(23)29(34)35/h7,12-16,20,23-24,27H,2-6,8-11,17H2,1H3,(H,32,33)(H,34,35)/t23-,24-/m1/s1. The van der Waals surface area contributed by atoms with Crippen molar-refractivity contribution in [1.29, 1.82) is 0 Å². The van der Waals surface area contributed by atoms with E-state index in [0.717, 1.165) is 38.5 Å². The molecule has 1 amide bonds. The number of carbonyl (C=O) groups excluding carboxylic acids is 1. The van der Waals surface area contributed by atoms with E-state index in [1.165, 1.54) is 0 Å². The summed E-state index contributed by atoms with van der Waals surface area (Å²) in [4.78, 5) is 24.7. The third-order valence-corrected chi connectivity index (χ3v) is 7.44. The molecule has 2 aliphatic rings. The van der Waals surface area contributed by atoms with Crippen molar-refractivity contribution >= 4 is 17.6 Å². The smallest absolute Gasteiger partial charge is 0.307 e. The van der Waals surface area contributed by atoms with Gasteiger partial charge in [0.05, 0.1) is 36.7 Å². The van der Waals surface area contributed by atoms with Gasteiger partial charge in [0, 0.05) is 5.69 Å². The Bertz CT molecular complexity index is 1100. The van der Waals surface area contributed by atoms with Crippen LogP contribution in [0.1, 0.15) is 75.8 Å². The number of carbonyl (C=O) groups is 2. The Labute approximate surface area is 216 Å². The number of nitrogens with one attached hydrogen (secondary N) is 1. The maximum absolute atomic E-state index is 14.2. The van der Waals surface area contributed by atoms with E-state index < -0.39 is 24.2 Å². The Morgan fingerprint density at radius 1 is 1.00 bits per heavy atom. The van der Waals surface area contributed by atoms with Crippen LogP contribution in [0.15, 0.2) is 36.4 Å². The van der Waals surface area contributed by atoms with Gasteiger partial charge in [-0.05, 0) is 67.5 Å². The van der Waals surface area contributed by atoms with Crippen molar-refractivity contribution in [3.05, 3.63) is 47.5 Å². The Morgan fingerprint density at radius 2 is 1.70 bits per heavy atom. The molecule has 0 aliphatic heterocycles. The molecule has 2 N–H and O–H groups in total. The molecule has 2 saturated carbocycles. The lowest BCUT2D eigenvalue weighted by Gasteiger charge is -2.27. The van der Waals surface area contributed by atoms with Crippen LogP contribution in [-0.2, 0) is 20.9 Å². The molecular weight excluding hydrogens is 480 g/mol. The molecular formula is C29H35F2NO5. The molecule has 0 unspecified atom stereocenters. The van der Waals surface area contributed by atoms with Gasteiger partial charge >= 0.3 is 5.97 Å². The maximum Gasteiger partial charge on any atom is 0.307 e. The second kappa shape index (κ2) is 12.5. The summed E-state index contributed by atoms with van der Waals surface area (Å²) in [5.74, 6) is -2.43. The monoisotopic (exact) mass is 515 g/mol. The number of ether oxygens (including phenoxy) is 2. The van der Waals surface area contributed by atoms with Crippen molar-refractivity contribution in [1.82, 2.24) is 0 Å². The summed E-state index contributed by atoms with van der Waals surface area (Å²) in [5.41, 5.74) is 1.96. The van der Waals surface area contributed by atoms with Crippen LogP contribution in [0.2, 0.25) is 0 Å². The number of aliphatic carboxylic acids is 1. The lowest BCUT2D eigenvalue weighted by molar-refractivity contribution is -0.147. The van der Waals surface area contributed by atoms with E-state index in [1.54, 1.807) is 43.3 Å². The predicted octanol–water partition coefficient (Wildman–Crippen LogP) is 6.98. The molecule has 2 aromatic carbocycles. The van der Waals surface area contributed by atoms with Crippen LogP contribution in [0.3, 0.4) is 0 Å². The highest BCUT2D eigenvalue weighted by atomic mass is 19.3. The molecule has 8 heteroatoms.